The molecule has 0 bridgehead atoms. The lowest BCUT2D eigenvalue weighted by Crippen LogP contribution is -2.30. The molecule has 1 rings (SSSR count). The smallest absolute Gasteiger partial charge is 0.215 e. The van der Waals surface area contributed by atoms with E-state index in [1.165, 1.54) is 0 Å². The standard InChI is InChI=1S/C14H20N2O3S/c1-11(6-12(2)17)9-16-20(18,19)10-14-5-3-4-13(7-14)8-15/h3-5,7,11-12,16-17H,6,9-10H2,1-2H3. The summed E-state index contributed by atoms with van der Waals surface area (Å²) in [6.07, 6.45) is 0.105. The molecule has 0 saturated carbocycles. The van der Waals surface area contributed by atoms with E-state index in [9.17, 15) is 13.5 Å². The van der Waals surface area contributed by atoms with Gasteiger partial charge in [0, 0.05) is 6.54 Å². The first kappa shape index (κ1) is 16.6. The highest BCUT2D eigenvalue weighted by Crippen LogP contribution is 2.09. The number of nitrogens with one attached hydrogen (secondary N) is 1. The Labute approximate surface area is 120 Å². The van der Waals surface area contributed by atoms with Gasteiger partial charge >= 0.3 is 0 Å². The molecule has 0 saturated heterocycles. The zero-order valence-electron chi connectivity index (χ0n) is 11.7. The van der Waals surface area contributed by atoms with Crippen LogP contribution >= 0.6 is 0 Å². The number of aliphatic hydroxyl groups excluding tert-OH is 1. The Kier molecular flexibility index (Phi) is 6.14. The molecule has 6 heteroatoms. The summed E-state index contributed by atoms with van der Waals surface area (Å²) in [5, 5.41) is 18.0. The quantitative estimate of drug-likeness (QED) is 0.795. The lowest BCUT2D eigenvalue weighted by atomic mass is 10.1. The molecule has 0 radical (unpaired) electrons. The van der Waals surface area contributed by atoms with Gasteiger partial charge in [-0.3, -0.25) is 0 Å². The Bertz CT molecular complexity index is 576. The first-order valence-corrected chi connectivity index (χ1v) is 8.12. The van der Waals surface area contributed by atoms with E-state index in [-0.39, 0.29) is 11.7 Å². The average molecular weight is 296 g/mol. The minimum Gasteiger partial charge on any atom is -0.393 e. The van der Waals surface area contributed by atoms with E-state index in [1.807, 2.05) is 13.0 Å². The third-order valence-electron chi connectivity index (χ3n) is 2.81. The molecular weight excluding hydrogens is 276 g/mol. The van der Waals surface area contributed by atoms with Crippen LogP contribution in [0.25, 0.3) is 0 Å². The molecule has 5 nitrogen and oxygen atoms in total. The SMILES string of the molecule is CC(O)CC(C)CNS(=O)(=O)Cc1cccc(C#N)c1. The second-order valence-corrected chi connectivity index (χ2v) is 6.92. The van der Waals surface area contributed by atoms with Crippen molar-refractivity contribution in [3.63, 3.8) is 0 Å². The van der Waals surface area contributed by atoms with E-state index in [1.54, 1.807) is 31.2 Å². The fourth-order valence-corrected chi connectivity index (χ4v) is 3.19. The molecule has 1 aromatic carbocycles. The normalized spacial score (nSPS) is 14.5. The number of rotatable bonds is 7. The summed E-state index contributed by atoms with van der Waals surface area (Å²) in [6.45, 7) is 3.86. The number of aliphatic hydroxyl groups is 1. The maximum absolute atomic E-state index is 11.9. The van der Waals surface area contributed by atoms with E-state index in [2.05, 4.69) is 4.72 Å². The topological polar surface area (TPSA) is 90.2 Å². The van der Waals surface area contributed by atoms with Crippen molar-refractivity contribution in [3.05, 3.63) is 35.4 Å². The molecule has 0 aliphatic heterocycles. The average Bonchev–Trinajstić information content (AvgIpc) is 2.35. The number of hydrogen-bond donors (Lipinski definition) is 2. The number of benzene rings is 1. The fourth-order valence-electron chi connectivity index (χ4n) is 1.94. The Morgan fingerprint density at radius 3 is 2.70 bits per heavy atom. The molecule has 2 atom stereocenters. The monoisotopic (exact) mass is 296 g/mol. The van der Waals surface area contributed by atoms with Crippen molar-refractivity contribution >= 4 is 10.0 Å². The van der Waals surface area contributed by atoms with Crippen LogP contribution in [-0.2, 0) is 15.8 Å². The van der Waals surface area contributed by atoms with Crippen LogP contribution in [0.15, 0.2) is 24.3 Å². The summed E-state index contributed by atoms with van der Waals surface area (Å²) in [7, 11) is -3.43. The summed E-state index contributed by atoms with van der Waals surface area (Å²) < 4.78 is 26.4. The highest BCUT2D eigenvalue weighted by Gasteiger charge is 2.14. The van der Waals surface area contributed by atoms with Crippen LogP contribution in [-0.4, -0.2) is 26.2 Å². The Hall–Kier alpha value is -1.42. The number of nitriles is 1. The molecular formula is C14H20N2O3S. The van der Waals surface area contributed by atoms with Gasteiger partial charge in [0.1, 0.15) is 0 Å². The highest BCUT2D eigenvalue weighted by atomic mass is 32.2. The van der Waals surface area contributed by atoms with Crippen molar-refractivity contribution in [3.8, 4) is 6.07 Å². The number of hydrogen-bond acceptors (Lipinski definition) is 4. The van der Waals surface area contributed by atoms with Crippen molar-refractivity contribution in [1.82, 2.24) is 4.72 Å². The molecule has 110 valence electrons. The minimum absolute atomic E-state index is 0.0650. The molecule has 0 aliphatic carbocycles. The van der Waals surface area contributed by atoms with Gasteiger partial charge in [0.15, 0.2) is 0 Å². The summed E-state index contributed by atoms with van der Waals surface area (Å²) in [5.74, 6) is -0.0839. The van der Waals surface area contributed by atoms with Crippen LogP contribution < -0.4 is 4.72 Å². The van der Waals surface area contributed by atoms with Crippen molar-refractivity contribution in [2.45, 2.75) is 32.1 Å². The summed E-state index contributed by atoms with van der Waals surface area (Å²) in [6, 6.07) is 8.53. The Morgan fingerprint density at radius 1 is 1.40 bits per heavy atom. The first-order valence-electron chi connectivity index (χ1n) is 6.47. The van der Waals surface area contributed by atoms with Gasteiger partial charge in [-0.2, -0.15) is 5.26 Å². The molecule has 20 heavy (non-hydrogen) atoms. The number of sulfonamides is 1. The van der Waals surface area contributed by atoms with Gasteiger partial charge in [-0.1, -0.05) is 19.1 Å². The second-order valence-electron chi connectivity index (χ2n) is 5.11. The third-order valence-corrected chi connectivity index (χ3v) is 4.13. The van der Waals surface area contributed by atoms with Crippen molar-refractivity contribution < 1.29 is 13.5 Å². The van der Waals surface area contributed by atoms with Crippen molar-refractivity contribution in [1.29, 1.82) is 5.26 Å². The van der Waals surface area contributed by atoms with Gasteiger partial charge < -0.3 is 5.11 Å². The molecule has 1 aromatic rings. The van der Waals surface area contributed by atoms with Crippen molar-refractivity contribution in [2.75, 3.05) is 6.54 Å². The summed E-state index contributed by atoms with van der Waals surface area (Å²) in [5.41, 5.74) is 1.03. The van der Waals surface area contributed by atoms with E-state index >= 15 is 0 Å². The van der Waals surface area contributed by atoms with Gasteiger partial charge in [-0.05, 0) is 37.0 Å². The van der Waals surface area contributed by atoms with Crippen LogP contribution in [0, 0.1) is 17.2 Å². The van der Waals surface area contributed by atoms with E-state index < -0.39 is 16.1 Å². The molecule has 0 fully saturated rings. The highest BCUT2D eigenvalue weighted by molar-refractivity contribution is 7.88. The Morgan fingerprint density at radius 2 is 2.10 bits per heavy atom. The van der Waals surface area contributed by atoms with Gasteiger partial charge in [0.05, 0.1) is 23.5 Å². The van der Waals surface area contributed by atoms with Gasteiger partial charge in [-0.25, -0.2) is 13.1 Å². The van der Waals surface area contributed by atoms with Crippen LogP contribution in [0.1, 0.15) is 31.4 Å². The molecule has 0 aromatic heterocycles. The molecule has 2 N–H and O–H groups in total. The van der Waals surface area contributed by atoms with E-state index in [0.717, 1.165) is 0 Å². The predicted octanol–water partition coefficient (Wildman–Crippen LogP) is 1.38. The summed E-state index contributed by atoms with van der Waals surface area (Å²) >= 11 is 0. The molecule has 0 spiro atoms. The van der Waals surface area contributed by atoms with Crippen LogP contribution in [0.3, 0.4) is 0 Å². The third kappa shape index (κ3) is 6.15. The zero-order chi connectivity index (χ0) is 15.2. The van der Waals surface area contributed by atoms with Gasteiger partial charge in [0.25, 0.3) is 0 Å². The maximum Gasteiger partial charge on any atom is 0.215 e. The molecule has 0 aliphatic rings. The molecule has 0 heterocycles. The predicted molar refractivity (Wildman–Crippen MR) is 77.2 cm³/mol. The van der Waals surface area contributed by atoms with Gasteiger partial charge in [0.2, 0.25) is 10.0 Å². The van der Waals surface area contributed by atoms with Crippen LogP contribution in [0.4, 0.5) is 0 Å². The van der Waals surface area contributed by atoms with Crippen LogP contribution in [0.2, 0.25) is 0 Å². The zero-order valence-corrected chi connectivity index (χ0v) is 12.5. The largest absolute Gasteiger partial charge is 0.393 e. The van der Waals surface area contributed by atoms with Gasteiger partial charge in [-0.15, -0.1) is 0 Å². The Balaban J connectivity index is 2.59. The maximum atomic E-state index is 11.9. The first-order chi connectivity index (χ1) is 9.32. The van der Waals surface area contributed by atoms with Crippen LogP contribution in [0.5, 0.6) is 0 Å². The minimum atomic E-state index is -3.43. The lowest BCUT2D eigenvalue weighted by Gasteiger charge is -2.14. The molecule has 0 amide bonds. The van der Waals surface area contributed by atoms with E-state index in [4.69, 9.17) is 5.26 Å². The second kappa shape index (κ2) is 7.39. The lowest BCUT2D eigenvalue weighted by molar-refractivity contribution is 0.165. The summed E-state index contributed by atoms with van der Waals surface area (Å²) in [4.78, 5) is 0. The van der Waals surface area contributed by atoms with E-state index in [0.29, 0.717) is 24.1 Å². The van der Waals surface area contributed by atoms with Crippen molar-refractivity contribution in [2.24, 2.45) is 5.92 Å². The number of nitrogens with zero attached hydrogens (tertiary/aromatic N) is 1. The molecule has 2 unspecified atom stereocenters. The fraction of sp³-hybridized carbons (Fsp3) is 0.500.